The summed E-state index contributed by atoms with van der Waals surface area (Å²) in [4.78, 5) is 8.32. The van der Waals surface area contributed by atoms with Crippen molar-refractivity contribution in [3.8, 4) is 22.5 Å². The molecule has 0 unspecified atom stereocenters. The Morgan fingerprint density at radius 3 is 2.03 bits per heavy atom. The van der Waals surface area contributed by atoms with Crippen LogP contribution >= 0.6 is 0 Å². The average Bonchev–Trinajstić information content (AvgIpc) is 3.05. The van der Waals surface area contributed by atoms with Gasteiger partial charge in [-0.05, 0) is 37.3 Å². The lowest BCUT2D eigenvalue weighted by Gasteiger charge is -2.08. The number of halogens is 6. The highest BCUT2D eigenvalue weighted by molar-refractivity contribution is 5.90. The van der Waals surface area contributed by atoms with E-state index in [1.54, 1.807) is 13.0 Å². The summed E-state index contributed by atoms with van der Waals surface area (Å²) >= 11 is 0. The van der Waals surface area contributed by atoms with Crippen molar-refractivity contribution in [2.75, 3.05) is 0 Å². The van der Waals surface area contributed by atoms with Crippen LogP contribution in [0.4, 0.5) is 26.3 Å². The highest BCUT2D eigenvalue weighted by Crippen LogP contribution is 2.37. The van der Waals surface area contributed by atoms with E-state index < -0.39 is 23.5 Å². The Hall–Kier alpha value is -3.43. The molecule has 1 aromatic carbocycles. The molecule has 0 bridgehead atoms. The van der Waals surface area contributed by atoms with Crippen LogP contribution in [0, 0.1) is 6.92 Å². The van der Waals surface area contributed by atoms with Gasteiger partial charge in [-0.25, -0.2) is 14.5 Å². The van der Waals surface area contributed by atoms with Crippen LogP contribution in [-0.2, 0) is 12.4 Å². The van der Waals surface area contributed by atoms with Gasteiger partial charge in [-0.15, -0.1) is 0 Å². The fourth-order valence-corrected chi connectivity index (χ4v) is 3.08. The van der Waals surface area contributed by atoms with Crippen LogP contribution in [0.15, 0.2) is 54.9 Å². The summed E-state index contributed by atoms with van der Waals surface area (Å²) in [7, 11) is 0. The Bertz CT molecular complexity index is 1220. The molecule has 0 saturated carbocycles. The van der Waals surface area contributed by atoms with Gasteiger partial charge in [0.25, 0.3) is 0 Å². The van der Waals surface area contributed by atoms with Gasteiger partial charge >= 0.3 is 12.4 Å². The van der Waals surface area contributed by atoms with Gasteiger partial charge in [0.15, 0.2) is 0 Å². The monoisotopic (exact) mass is 422 g/mol. The van der Waals surface area contributed by atoms with Gasteiger partial charge in [0.1, 0.15) is 11.5 Å². The Kier molecular flexibility index (Phi) is 4.52. The maximum atomic E-state index is 13.1. The predicted molar refractivity (Wildman–Crippen MR) is 96.4 cm³/mol. The van der Waals surface area contributed by atoms with E-state index in [1.807, 2.05) is 0 Å². The van der Waals surface area contributed by atoms with Crippen molar-refractivity contribution in [3.63, 3.8) is 0 Å². The molecule has 3 heterocycles. The first-order valence-electron chi connectivity index (χ1n) is 8.61. The van der Waals surface area contributed by atoms with Crippen molar-refractivity contribution in [2.45, 2.75) is 19.3 Å². The Balaban J connectivity index is 1.96. The van der Waals surface area contributed by atoms with Crippen molar-refractivity contribution in [1.82, 2.24) is 19.6 Å². The number of alkyl halides is 6. The summed E-state index contributed by atoms with van der Waals surface area (Å²) < 4.78 is 79.1. The molecule has 0 spiro atoms. The number of hydrogen-bond acceptors (Lipinski definition) is 3. The van der Waals surface area contributed by atoms with E-state index in [2.05, 4.69) is 15.1 Å². The molecule has 10 heteroatoms. The van der Waals surface area contributed by atoms with Crippen LogP contribution in [-0.4, -0.2) is 19.6 Å². The van der Waals surface area contributed by atoms with E-state index in [0.29, 0.717) is 28.2 Å². The molecule has 4 rings (SSSR count). The van der Waals surface area contributed by atoms with Gasteiger partial charge < -0.3 is 0 Å². The molecule has 0 atom stereocenters. The molecule has 30 heavy (non-hydrogen) atoms. The Morgan fingerprint density at radius 1 is 0.800 bits per heavy atom. The second-order valence-electron chi connectivity index (χ2n) is 6.53. The zero-order valence-electron chi connectivity index (χ0n) is 15.3. The molecule has 0 aliphatic rings. The molecule has 0 radical (unpaired) electrons. The number of rotatable bonds is 2. The fourth-order valence-electron chi connectivity index (χ4n) is 3.08. The molecule has 0 aliphatic carbocycles. The average molecular weight is 422 g/mol. The van der Waals surface area contributed by atoms with Gasteiger partial charge in [-0.3, -0.25) is 0 Å². The second kappa shape index (κ2) is 6.82. The molecule has 154 valence electrons. The SMILES string of the molecule is Cc1nccc(-c2c(-c3ccc(C(F)(F)F)cc3)nn3cc(C(F)(F)F)ccc23)n1. The Labute approximate surface area is 165 Å². The highest BCUT2D eigenvalue weighted by atomic mass is 19.4. The second-order valence-corrected chi connectivity index (χ2v) is 6.53. The van der Waals surface area contributed by atoms with Crippen LogP contribution in [0.25, 0.3) is 28.0 Å². The lowest BCUT2D eigenvalue weighted by molar-refractivity contribution is -0.138. The molecule has 4 aromatic rings. The predicted octanol–water partition coefficient (Wildman–Crippen LogP) is 5.80. The minimum atomic E-state index is -4.57. The topological polar surface area (TPSA) is 43.1 Å². The minimum Gasteiger partial charge on any atom is -0.242 e. The van der Waals surface area contributed by atoms with E-state index in [1.165, 1.54) is 24.4 Å². The highest BCUT2D eigenvalue weighted by Gasteiger charge is 2.32. The van der Waals surface area contributed by atoms with Gasteiger partial charge in [0.2, 0.25) is 0 Å². The molecule has 0 fully saturated rings. The third-order valence-corrected chi connectivity index (χ3v) is 4.47. The first-order chi connectivity index (χ1) is 14.0. The van der Waals surface area contributed by atoms with Gasteiger partial charge in [0, 0.05) is 18.0 Å². The van der Waals surface area contributed by atoms with E-state index in [-0.39, 0.29) is 5.69 Å². The van der Waals surface area contributed by atoms with Gasteiger partial charge in [-0.2, -0.15) is 31.4 Å². The van der Waals surface area contributed by atoms with Crippen LogP contribution in [0.5, 0.6) is 0 Å². The molecule has 0 saturated heterocycles. The first-order valence-corrected chi connectivity index (χ1v) is 8.61. The molecule has 0 N–H and O–H groups in total. The number of pyridine rings is 1. The zero-order chi connectivity index (χ0) is 21.7. The van der Waals surface area contributed by atoms with Gasteiger partial charge in [0.05, 0.1) is 27.9 Å². The standard InChI is InChI=1S/C20H12F6N4/c1-11-27-9-8-15(28-11)17-16-7-6-14(20(24,25)26)10-30(16)29-18(17)12-2-4-13(5-3-12)19(21,22)23/h2-10H,1H3. The molecular formula is C20H12F6N4. The van der Waals surface area contributed by atoms with Crippen molar-refractivity contribution < 1.29 is 26.3 Å². The summed E-state index contributed by atoms with van der Waals surface area (Å²) in [6.45, 7) is 1.65. The van der Waals surface area contributed by atoms with Crippen LogP contribution in [0.3, 0.4) is 0 Å². The molecule has 4 nitrogen and oxygen atoms in total. The van der Waals surface area contributed by atoms with Crippen molar-refractivity contribution in [3.05, 3.63) is 71.8 Å². The largest absolute Gasteiger partial charge is 0.417 e. The van der Waals surface area contributed by atoms with Crippen molar-refractivity contribution in [2.24, 2.45) is 0 Å². The number of aryl methyl sites for hydroxylation is 1. The molecule has 0 aliphatic heterocycles. The quantitative estimate of drug-likeness (QED) is 0.383. The smallest absolute Gasteiger partial charge is 0.242 e. The minimum absolute atomic E-state index is 0.209. The fraction of sp³-hybridized carbons (Fsp3) is 0.150. The van der Waals surface area contributed by atoms with Crippen LogP contribution in [0.2, 0.25) is 0 Å². The lowest BCUT2D eigenvalue weighted by Crippen LogP contribution is -2.06. The summed E-state index contributed by atoms with van der Waals surface area (Å²) in [5.41, 5.74) is -0.0968. The summed E-state index contributed by atoms with van der Waals surface area (Å²) in [5.74, 6) is 0.428. The normalized spacial score (nSPS) is 12.5. The van der Waals surface area contributed by atoms with Crippen molar-refractivity contribution >= 4 is 5.52 Å². The summed E-state index contributed by atoms with van der Waals surface area (Å²) in [6.07, 6.45) is -6.76. The summed E-state index contributed by atoms with van der Waals surface area (Å²) in [5, 5.41) is 4.23. The maximum absolute atomic E-state index is 13.1. The molecular weight excluding hydrogens is 410 g/mol. The number of benzene rings is 1. The number of aromatic nitrogens is 4. The van der Waals surface area contributed by atoms with E-state index in [4.69, 9.17) is 0 Å². The number of hydrogen-bond donors (Lipinski definition) is 0. The zero-order valence-corrected chi connectivity index (χ0v) is 15.3. The van der Waals surface area contributed by atoms with Crippen LogP contribution < -0.4 is 0 Å². The third-order valence-electron chi connectivity index (χ3n) is 4.47. The number of nitrogens with zero attached hydrogens (tertiary/aromatic N) is 4. The van der Waals surface area contributed by atoms with E-state index in [9.17, 15) is 26.3 Å². The summed E-state index contributed by atoms with van der Waals surface area (Å²) in [6, 6.07) is 8.00. The van der Waals surface area contributed by atoms with Crippen molar-refractivity contribution in [1.29, 1.82) is 0 Å². The number of fused-ring (bicyclic) bond motifs is 1. The van der Waals surface area contributed by atoms with E-state index in [0.717, 1.165) is 28.9 Å². The van der Waals surface area contributed by atoms with Gasteiger partial charge in [-0.1, -0.05) is 12.1 Å². The Morgan fingerprint density at radius 2 is 1.43 bits per heavy atom. The third kappa shape index (κ3) is 3.60. The van der Waals surface area contributed by atoms with E-state index >= 15 is 0 Å². The maximum Gasteiger partial charge on any atom is 0.417 e. The first kappa shape index (κ1) is 19.9. The molecule has 3 aromatic heterocycles. The van der Waals surface area contributed by atoms with Crippen LogP contribution in [0.1, 0.15) is 17.0 Å². The molecule has 0 amide bonds. The lowest BCUT2D eigenvalue weighted by atomic mass is 10.0.